The second-order valence-corrected chi connectivity index (χ2v) is 5.27. The second-order valence-electron chi connectivity index (χ2n) is 5.27. The van der Waals surface area contributed by atoms with Crippen molar-refractivity contribution in [2.75, 3.05) is 6.61 Å². The van der Waals surface area contributed by atoms with Crippen LogP contribution in [-0.4, -0.2) is 18.5 Å². The van der Waals surface area contributed by atoms with Crippen LogP contribution in [0.1, 0.15) is 72.2 Å². The molecule has 0 spiro atoms. The second kappa shape index (κ2) is 9.16. The highest BCUT2D eigenvalue weighted by Crippen LogP contribution is 2.11. The smallest absolute Gasteiger partial charge is 0.338 e. The highest BCUT2D eigenvalue weighted by atomic mass is 16.5. The number of rotatable bonds is 9. The summed E-state index contributed by atoms with van der Waals surface area (Å²) in [5.41, 5.74) is -1.56. The molecule has 0 aliphatic heterocycles. The molecule has 0 aliphatic carbocycles. The summed E-state index contributed by atoms with van der Waals surface area (Å²) in [4.78, 5) is 23.3. The molecule has 1 aromatic rings. The van der Waals surface area contributed by atoms with Crippen molar-refractivity contribution in [3.05, 3.63) is 35.3 Å². The zero-order chi connectivity index (χ0) is 19.1. The van der Waals surface area contributed by atoms with Gasteiger partial charge in [0.2, 0.25) is 0 Å². The molecule has 0 amide bonds. The first kappa shape index (κ1) is 11.8. The molecule has 0 atom stereocenters. The Hall–Kier alpha value is -1.84. The van der Waals surface area contributed by atoms with Crippen molar-refractivity contribution >= 4 is 11.9 Å². The maximum atomic E-state index is 12.1. The topological polar surface area (TPSA) is 66.4 Å². The summed E-state index contributed by atoms with van der Waals surface area (Å²) in [5.74, 6) is -2.27. The molecule has 1 rings (SSSR count). The van der Waals surface area contributed by atoms with Gasteiger partial charge < -0.3 is 14.6 Å². The summed E-state index contributed by atoms with van der Waals surface area (Å²) in [7, 11) is 0. The van der Waals surface area contributed by atoms with Gasteiger partial charge in [0.15, 0.2) is 0 Å². The first-order chi connectivity index (χ1) is 11.7. The monoisotopic (exact) mass is 295 g/mol. The lowest BCUT2D eigenvalue weighted by atomic mass is 10.0. The third-order valence-corrected chi connectivity index (χ3v) is 3.00. The number of esters is 1. The number of hydrogen-bond acceptors (Lipinski definition) is 4. The van der Waals surface area contributed by atoms with Crippen LogP contribution in [0.25, 0.3) is 0 Å². The lowest BCUT2D eigenvalue weighted by molar-refractivity contribution is -0.255. The first-order valence-corrected chi connectivity index (χ1v) is 7.17. The van der Waals surface area contributed by atoms with Crippen LogP contribution in [0, 0.1) is 5.92 Å². The molecule has 4 nitrogen and oxygen atoms in total. The van der Waals surface area contributed by atoms with Gasteiger partial charge in [0.05, 0.1) is 23.6 Å². The molecule has 0 aliphatic rings. The Morgan fingerprint density at radius 2 is 1.76 bits per heavy atom. The molecule has 0 N–H and O–H groups in total. The maximum Gasteiger partial charge on any atom is 0.338 e. The van der Waals surface area contributed by atoms with Crippen LogP contribution in [0.15, 0.2) is 24.2 Å². The molecule has 0 saturated carbocycles. The van der Waals surface area contributed by atoms with Crippen molar-refractivity contribution in [3.8, 4) is 0 Å². The molecule has 116 valence electrons. The van der Waals surface area contributed by atoms with Crippen LogP contribution in [0.4, 0.5) is 0 Å². The Balaban J connectivity index is 2.74. The lowest BCUT2D eigenvalue weighted by Gasteiger charge is -2.10. The van der Waals surface area contributed by atoms with E-state index in [1.54, 1.807) is 0 Å². The number of carbonyl (C=O) groups is 2. The molecule has 0 radical (unpaired) electrons. The molecule has 21 heavy (non-hydrogen) atoms. The SMILES string of the molecule is [2H]c1c([2H])c([2H])c(C(=O)OCCCCCCC(C)C)c(C(=O)[O-])c1[2H]. The summed E-state index contributed by atoms with van der Waals surface area (Å²) < 4.78 is 35.4. The first-order valence-electron chi connectivity index (χ1n) is 9.17. The highest BCUT2D eigenvalue weighted by Gasteiger charge is 2.12. The minimum Gasteiger partial charge on any atom is -0.545 e. The fourth-order valence-corrected chi connectivity index (χ4v) is 1.86. The summed E-state index contributed by atoms with van der Waals surface area (Å²) in [6, 6.07) is -2.97. The Morgan fingerprint density at radius 1 is 1.14 bits per heavy atom. The molecule has 0 saturated heterocycles. The normalized spacial score (nSPS) is 13.3. The largest absolute Gasteiger partial charge is 0.545 e. The predicted molar refractivity (Wildman–Crippen MR) is 79.0 cm³/mol. The third kappa shape index (κ3) is 6.43. The quantitative estimate of drug-likeness (QED) is 0.519. The van der Waals surface area contributed by atoms with Gasteiger partial charge >= 0.3 is 5.97 Å². The summed E-state index contributed by atoms with van der Waals surface area (Å²) in [6.45, 7) is 4.37. The number of carbonyl (C=O) groups excluding carboxylic acids is 2. The fourth-order valence-electron chi connectivity index (χ4n) is 1.86. The summed E-state index contributed by atoms with van der Waals surface area (Å²) in [5, 5.41) is 11.2. The van der Waals surface area contributed by atoms with Gasteiger partial charge in [-0.3, -0.25) is 0 Å². The number of ether oxygens (including phenoxy) is 1. The van der Waals surface area contributed by atoms with Crippen molar-refractivity contribution in [1.29, 1.82) is 0 Å². The van der Waals surface area contributed by atoms with E-state index in [9.17, 15) is 14.7 Å². The van der Waals surface area contributed by atoms with E-state index in [1.807, 2.05) is 0 Å². The van der Waals surface area contributed by atoms with Crippen LogP contribution in [-0.2, 0) is 4.74 Å². The predicted octanol–water partition coefficient (Wildman–Crippen LogP) is 2.81. The van der Waals surface area contributed by atoms with E-state index < -0.39 is 47.2 Å². The highest BCUT2D eigenvalue weighted by molar-refractivity contribution is 6.01. The fraction of sp³-hybridized carbons (Fsp3) is 0.529. The van der Waals surface area contributed by atoms with Crippen LogP contribution >= 0.6 is 0 Å². The van der Waals surface area contributed by atoms with E-state index in [1.165, 1.54) is 0 Å². The van der Waals surface area contributed by atoms with Gasteiger partial charge in [-0.15, -0.1) is 0 Å². The Labute approximate surface area is 131 Å². The van der Waals surface area contributed by atoms with Crippen molar-refractivity contribution < 1.29 is 24.9 Å². The minimum absolute atomic E-state index is 0.0652. The number of unbranched alkanes of at least 4 members (excludes halogenated alkanes) is 3. The van der Waals surface area contributed by atoms with Crippen molar-refractivity contribution in [1.82, 2.24) is 0 Å². The van der Waals surface area contributed by atoms with E-state index >= 15 is 0 Å². The standard InChI is InChI=1S/C17H24O4/c1-13(2)9-5-3-4-8-12-21-17(20)15-11-7-6-10-14(15)16(18)19/h6-7,10-11,13H,3-5,8-9,12H2,1-2H3,(H,18,19)/p-1/i6D,7D,10D,11D. The molecule has 0 aromatic heterocycles. The molecule has 0 bridgehead atoms. The van der Waals surface area contributed by atoms with Gasteiger partial charge in [0, 0.05) is 5.56 Å². The van der Waals surface area contributed by atoms with Crippen molar-refractivity contribution in [3.63, 3.8) is 0 Å². The van der Waals surface area contributed by atoms with Crippen LogP contribution in [0.3, 0.4) is 0 Å². The number of aromatic carboxylic acids is 1. The molecule has 1 aromatic carbocycles. The molecule has 0 fully saturated rings. The number of hydrogen-bond donors (Lipinski definition) is 0. The minimum atomic E-state index is -1.84. The zero-order valence-electron chi connectivity index (χ0n) is 16.5. The van der Waals surface area contributed by atoms with E-state index in [0.29, 0.717) is 12.3 Å². The van der Waals surface area contributed by atoms with Crippen molar-refractivity contribution in [2.45, 2.75) is 46.0 Å². The summed E-state index contributed by atoms with van der Waals surface area (Å²) >= 11 is 0. The van der Waals surface area contributed by atoms with Crippen LogP contribution in [0.5, 0.6) is 0 Å². The van der Waals surface area contributed by atoms with Crippen molar-refractivity contribution in [2.24, 2.45) is 5.92 Å². The summed E-state index contributed by atoms with van der Waals surface area (Å²) in [6.07, 6.45) is 4.70. The molecule has 4 heteroatoms. The zero-order valence-corrected chi connectivity index (χ0v) is 12.5. The average molecular weight is 295 g/mol. The molecular formula is C17H23O4-. The molecule has 0 unspecified atom stereocenters. The van der Waals surface area contributed by atoms with Gasteiger partial charge in [0.25, 0.3) is 0 Å². The third-order valence-electron chi connectivity index (χ3n) is 3.00. The Kier molecular flexibility index (Phi) is 5.14. The van der Waals surface area contributed by atoms with E-state index in [2.05, 4.69) is 13.8 Å². The van der Waals surface area contributed by atoms with Gasteiger partial charge in [0.1, 0.15) is 0 Å². The van der Waals surface area contributed by atoms with E-state index in [4.69, 9.17) is 10.2 Å². The Bertz CT molecular complexity index is 644. The van der Waals surface area contributed by atoms with Gasteiger partial charge in [-0.2, -0.15) is 0 Å². The number of carboxylic acids is 1. The lowest BCUT2D eigenvalue weighted by Crippen LogP contribution is -2.25. The van der Waals surface area contributed by atoms with Gasteiger partial charge in [-0.25, -0.2) is 4.79 Å². The van der Waals surface area contributed by atoms with E-state index in [0.717, 1.165) is 25.7 Å². The van der Waals surface area contributed by atoms with Gasteiger partial charge in [-0.1, -0.05) is 57.7 Å². The number of benzene rings is 1. The van der Waals surface area contributed by atoms with Gasteiger partial charge in [-0.05, 0) is 18.4 Å². The average Bonchev–Trinajstić information content (AvgIpc) is 2.54. The molecule has 0 heterocycles. The number of carboxylic acid groups (broad SMARTS) is 1. The maximum absolute atomic E-state index is 12.1. The van der Waals surface area contributed by atoms with Crippen LogP contribution in [0.2, 0.25) is 0 Å². The van der Waals surface area contributed by atoms with E-state index in [-0.39, 0.29) is 6.61 Å². The van der Waals surface area contributed by atoms with Crippen LogP contribution < -0.4 is 5.11 Å². The Morgan fingerprint density at radius 3 is 2.38 bits per heavy atom. The molecular weight excluding hydrogens is 268 g/mol.